The van der Waals surface area contributed by atoms with Gasteiger partial charge in [0.2, 0.25) is 0 Å². The first-order valence-electron chi connectivity index (χ1n) is 4.33. The van der Waals surface area contributed by atoms with Gasteiger partial charge < -0.3 is 4.74 Å². The monoisotopic (exact) mass is 254 g/mol. The molecule has 0 aromatic carbocycles. The first kappa shape index (κ1) is 12.8. The predicted molar refractivity (Wildman–Crippen MR) is 61.5 cm³/mol. The second-order valence-electron chi connectivity index (χ2n) is 4.06. The molecule has 0 aromatic heterocycles. The fourth-order valence-electron chi connectivity index (χ4n) is 1.12. The first-order valence-corrected chi connectivity index (χ1v) is 5.38. The van der Waals surface area contributed by atoms with Crippen LogP contribution in [0.1, 0.15) is 33.6 Å². The third kappa shape index (κ3) is 5.44. The summed E-state index contributed by atoms with van der Waals surface area (Å²) in [6.07, 6.45) is 2.73. The quantitative estimate of drug-likeness (QED) is 0.749. The highest BCUT2D eigenvalue weighted by Crippen LogP contribution is 2.27. The van der Waals surface area contributed by atoms with Gasteiger partial charge in [0.25, 0.3) is 0 Å². The van der Waals surface area contributed by atoms with Crippen LogP contribution in [0.15, 0.2) is 0 Å². The molecule has 1 nitrogen and oxygen atoms in total. The lowest BCUT2D eigenvalue weighted by atomic mass is 10.2. The van der Waals surface area contributed by atoms with Crippen LogP contribution >= 0.6 is 28.7 Å². The van der Waals surface area contributed by atoms with Crippen molar-refractivity contribution >= 4 is 28.7 Å². The number of hydrogen-bond acceptors (Lipinski definition) is 2. The maximum absolute atomic E-state index is 5.69. The van der Waals surface area contributed by atoms with E-state index in [-0.39, 0.29) is 22.6 Å². The molecule has 0 N–H and O–H groups in total. The van der Waals surface area contributed by atoms with Gasteiger partial charge in [0.05, 0.1) is 12.2 Å². The molecular weight excluding hydrogens is 236 g/mol. The number of thioether (sulfide) groups is 1. The third-order valence-electron chi connectivity index (χ3n) is 1.73. The zero-order chi connectivity index (χ0) is 8.32. The van der Waals surface area contributed by atoms with Gasteiger partial charge in [0.1, 0.15) is 0 Å². The molecule has 0 aliphatic carbocycles. The van der Waals surface area contributed by atoms with E-state index in [1.54, 1.807) is 0 Å². The average Bonchev–Trinajstić information content (AvgIpc) is 2.32. The third-order valence-corrected chi connectivity index (χ3v) is 3.09. The molecule has 1 aliphatic heterocycles. The summed E-state index contributed by atoms with van der Waals surface area (Å²) in [7, 11) is 0. The highest BCUT2D eigenvalue weighted by molar-refractivity contribution is 8.93. The van der Waals surface area contributed by atoms with Gasteiger partial charge in [-0.2, -0.15) is 11.8 Å². The molecule has 0 saturated carbocycles. The molecule has 1 saturated heterocycles. The normalized spacial score (nSPS) is 23.8. The van der Waals surface area contributed by atoms with Gasteiger partial charge in [-0.25, -0.2) is 0 Å². The van der Waals surface area contributed by atoms with Crippen LogP contribution in [0.5, 0.6) is 0 Å². The Bertz CT molecular complexity index is 116. The Labute approximate surface area is 90.4 Å². The molecule has 0 radical (unpaired) electrons. The lowest BCUT2D eigenvalue weighted by Gasteiger charge is -2.21. The molecule has 0 bridgehead atoms. The smallest absolute Gasteiger partial charge is 0.0599 e. The van der Waals surface area contributed by atoms with E-state index in [0.29, 0.717) is 0 Å². The van der Waals surface area contributed by atoms with Crippen LogP contribution in [0, 0.1) is 0 Å². The van der Waals surface area contributed by atoms with Crippen molar-refractivity contribution < 1.29 is 4.74 Å². The van der Waals surface area contributed by atoms with E-state index < -0.39 is 0 Å². The number of rotatable bonds is 2. The van der Waals surface area contributed by atoms with Crippen LogP contribution in [-0.2, 0) is 4.74 Å². The van der Waals surface area contributed by atoms with Gasteiger partial charge in [0.15, 0.2) is 0 Å². The Morgan fingerprint density at radius 3 is 2.50 bits per heavy atom. The van der Waals surface area contributed by atoms with Gasteiger partial charge >= 0.3 is 0 Å². The summed E-state index contributed by atoms with van der Waals surface area (Å²) in [5.74, 6) is 1.33. The summed E-state index contributed by atoms with van der Waals surface area (Å²) >= 11 is 2.06. The van der Waals surface area contributed by atoms with Crippen LogP contribution < -0.4 is 0 Å². The van der Waals surface area contributed by atoms with E-state index in [1.807, 2.05) is 0 Å². The Hall–Kier alpha value is 0.790. The average molecular weight is 255 g/mol. The van der Waals surface area contributed by atoms with Crippen molar-refractivity contribution in [3.8, 4) is 0 Å². The topological polar surface area (TPSA) is 9.23 Å². The van der Waals surface area contributed by atoms with Crippen LogP contribution in [0.4, 0.5) is 0 Å². The maximum Gasteiger partial charge on any atom is 0.0599 e. The molecule has 0 aromatic rings. The van der Waals surface area contributed by atoms with Crippen LogP contribution in [0.25, 0.3) is 0 Å². The van der Waals surface area contributed by atoms with Gasteiger partial charge in [-0.1, -0.05) is 0 Å². The predicted octanol–water partition coefficient (Wildman–Crippen LogP) is 3.28. The van der Waals surface area contributed by atoms with Crippen molar-refractivity contribution in [2.75, 3.05) is 12.4 Å². The van der Waals surface area contributed by atoms with E-state index in [4.69, 9.17) is 4.74 Å². The molecule has 74 valence electrons. The van der Waals surface area contributed by atoms with E-state index >= 15 is 0 Å². The largest absolute Gasteiger partial charge is 0.375 e. The fourth-order valence-corrected chi connectivity index (χ4v) is 2.28. The Kier molecular flexibility index (Phi) is 5.87. The van der Waals surface area contributed by atoms with Crippen molar-refractivity contribution in [1.29, 1.82) is 0 Å². The van der Waals surface area contributed by atoms with Crippen LogP contribution in [0.3, 0.4) is 0 Å². The minimum absolute atomic E-state index is 0. The van der Waals surface area contributed by atoms with Crippen molar-refractivity contribution in [3.05, 3.63) is 0 Å². The molecule has 1 unspecified atom stereocenters. The summed E-state index contributed by atoms with van der Waals surface area (Å²) in [5, 5.41) is 0.772. The van der Waals surface area contributed by atoms with Crippen LogP contribution in [0.2, 0.25) is 0 Å². The summed E-state index contributed by atoms with van der Waals surface area (Å²) in [4.78, 5) is 0. The SMILES string of the molecule is Br.CC(C)(C)OCC1CCCS1. The van der Waals surface area contributed by atoms with Gasteiger partial charge in [-0.05, 0) is 39.4 Å². The van der Waals surface area contributed by atoms with Gasteiger partial charge in [-0.15, -0.1) is 17.0 Å². The summed E-state index contributed by atoms with van der Waals surface area (Å²) in [5.41, 5.74) is 0.0448. The van der Waals surface area contributed by atoms with E-state index in [0.717, 1.165) is 11.9 Å². The molecule has 3 heteroatoms. The molecule has 0 amide bonds. The molecule has 1 rings (SSSR count). The summed E-state index contributed by atoms with van der Waals surface area (Å²) < 4.78 is 5.69. The molecule has 1 aliphatic rings. The first-order chi connectivity index (χ1) is 5.08. The molecule has 12 heavy (non-hydrogen) atoms. The fraction of sp³-hybridized carbons (Fsp3) is 1.00. The minimum Gasteiger partial charge on any atom is -0.375 e. The lowest BCUT2D eigenvalue weighted by Crippen LogP contribution is -2.23. The molecule has 1 heterocycles. The van der Waals surface area contributed by atoms with Crippen molar-refractivity contribution in [1.82, 2.24) is 0 Å². The minimum atomic E-state index is 0. The molecular formula is C9H19BrOS. The van der Waals surface area contributed by atoms with E-state index in [9.17, 15) is 0 Å². The van der Waals surface area contributed by atoms with Gasteiger partial charge in [0, 0.05) is 5.25 Å². The van der Waals surface area contributed by atoms with Crippen molar-refractivity contribution in [3.63, 3.8) is 0 Å². The number of ether oxygens (including phenoxy) is 1. The van der Waals surface area contributed by atoms with E-state index in [1.165, 1.54) is 18.6 Å². The molecule has 1 atom stereocenters. The van der Waals surface area contributed by atoms with Crippen LogP contribution in [-0.4, -0.2) is 23.2 Å². The van der Waals surface area contributed by atoms with Crippen molar-refractivity contribution in [2.45, 2.75) is 44.5 Å². The second kappa shape index (κ2) is 5.51. The highest BCUT2D eigenvalue weighted by Gasteiger charge is 2.18. The Morgan fingerprint density at radius 1 is 1.42 bits per heavy atom. The standard InChI is InChI=1S/C9H18OS.BrH/c1-9(2,3)10-7-8-5-4-6-11-8;/h8H,4-7H2,1-3H3;1H. The zero-order valence-corrected chi connectivity index (χ0v) is 10.7. The molecule has 1 fully saturated rings. The maximum atomic E-state index is 5.69. The van der Waals surface area contributed by atoms with Crippen molar-refractivity contribution in [2.24, 2.45) is 0 Å². The zero-order valence-electron chi connectivity index (χ0n) is 8.13. The second-order valence-corrected chi connectivity index (χ2v) is 5.47. The lowest BCUT2D eigenvalue weighted by molar-refractivity contribution is -0.00192. The molecule has 0 spiro atoms. The Morgan fingerprint density at radius 2 is 2.08 bits per heavy atom. The number of halogens is 1. The summed E-state index contributed by atoms with van der Waals surface area (Å²) in [6.45, 7) is 7.29. The van der Waals surface area contributed by atoms with E-state index in [2.05, 4.69) is 32.5 Å². The van der Waals surface area contributed by atoms with Gasteiger partial charge in [-0.3, -0.25) is 0 Å². The number of hydrogen-bond donors (Lipinski definition) is 0. The summed E-state index contributed by atoms with van der Waals surface area (Å²) in [6, 6.07) is 0. The Balaban J connectivity index is 0.00000121. The highest BCUT2D eigenvalue weighted by atomic mass is 79.9.